The molecule has 0 unspecified atom stereocenters. The highest BCUT2D eigenvalue weighted by atomic mass is 16.4. The summed E-state index contributed by atoms with van der Waals surface area (Å²) < 4.78 is 1.71. The maximum atomic E-state index is 11.3. The smallest absolute Gasteiger partial charge is 0.358 e. The van der Waals surface area contributed by atoms with E-state index >= 15 is 0 Å². The molecular weight excluding hydrogens is 266 g/mol. The van der Waals surface area contributed by atoms with E-state index in [0.717, 1.165) is 24.0 Å². The number of rotatable bonds is 7. The highest BCUT2D eigenvalue weighted by Crippen LogP contribution is 2.23. The largest absolute Gasteiger partial charge is 0.476 e. The zero-order valence-corrected chi connectivity index (χ0v) is 12.5. The summed E-state index contributed by atoms with van der Waals surface area (Å²) in [6.07, 6.45) is 4.45. The molecule has 0 aliphatic carbocycles. The fourth-order valence-corrected chi connectivity index (χ4v) is 2.30. The summed E-state index contributed by atoms with van der Waals surface area (Å²) >= 11 is 0. The molecule has 0 amide bonds. The fraction of sp³-hybridized carbons (Fsp3) is 0.438. The van der Waals surface area contributed by atoms with Crippen LogP contribution in [-0.4, -0.2) is 26.1 Å². The van der Waals surface area contributed by atoms with Crippen LogP contribution in [0.25, 0.3) is 11.3 Å². The van der Waals surface area contributed by atoms with Crippen molar-refractivity contribution in [3.63, 3.8) is 0 Å². The Morgan fingerprint density at radius 3 is 2.52 bits per heavy atom. The number of aromatic nitrogens is 3. The molecule has 0 atom stereocenters. The Bertz CT molecular complexity index is 602. The van der Waals surface area contributed by atoms with E-state index in [9.17, 15) is 9.90 Å². The van der Waals surface area contributed by atoms with Gasteiger partial charge in [0.25, 0.3) is 0 Å². The van der Waals surface area contributed by atoms with Gasteiger partial charge in [-0.05, 0) is 13.3 Å². The molecule has 21 heavy (non-hydrogen) atoms. The topological polar surface area (TPSA) is 68.0 Å². The van der Waals surface area contributed by atoms with E-state index in [0.29, 0.717) is 12.2 Å². The molecule has 0 bridgehead atoms. The van der Waals surface area contributed by atoms with Crippen molar-refractivity contribution in [2.45, 2.75) is 46.1 Å². The van der Waals surface area contributed by atoms with Crippen molar-refractivity contribution in [1.29, 1.82) is 0 Å². The maximum Gasteiger partial charge on any atom is 0.358 e. The minimum Gasteiger partial charge on any atom is -0.476 e. The Hall–Kier alpha value is -2.17. The van der Waals surface area contributed by atoms with Gasteiger partial charge in [0, 0.05) is 12.1 Å². The van der Waals surface area contributed by atoms with Crippen molar-refractivity contribution in [1.82, 2.24) is 15.0 Å². The van der Waals surface area contributed by atoms with Crippen molar-refractivity contribution in [2.24, 2.45) is 0 Å². The molecule has 5 nitrogen and oxygen atoms in total. The van der Waals surface area contributed by atoms with Crippen LogP contribution in [-0.2, 0) is 6.54 Å². The molecule has 1 heterocycles. The van der Waals surface area contributed by atoms with E-state index < -0.39 is 5.97 Å². The van der Waals surface area contributed by atoms with Crippen molar-refractivity contribution in [3.05, 3.63) is 35.5 Å². The van der Waals surface area contributed by atoms with E-state index in [1.807, 2.05) is 31.2 Å². The van der Waals surface area contributed by atoms with Crippen LogP contribution < -0.4 is 0 Å². The van der Waals surface area contributed by atoms with Gasteiger partial charge in [-0.2, -0.15) is 0 Å². The number of hydrogen-bond acceptors (Lipinski definition) is 3. The molecule has 112 valence electrons. The average molecular weight is 287 g/mol. The number of carbonyl (C=O) groups is 1. The zero-order valence-electron chi connectivity index (χ0n) is 12.5. The lowest BCUT2D eigenvalue weighted by atomic mass is 10.1. The normalized spacial score (nSPS) is 10.8. The summed E-state index contributed by atoms with van der Waals surface area (Å²) in [5, 5.41) is 17.1. The average Bonchev–Trinajstić information content (AvgIpc) is 2.88. The summed E-state index contributed by atoms with van der Waals surface area (Å²) in [5.41, 5.74) is 2.60. The third-order valence-corrected chi connectivity index (χ3v) is 3.49. The van der Waals surface area contributed by atoms with Crippen molar-refractivity contribution < 1.29 is 9.90 Å². The summed E-state index contributed by atoms with van der Waals surface area (Å²) in [6, 6.07) is 7.77. The van der Waals surface area contributed by atoms with Gasteiger partial charge in [-0.25, -0.2) is 9.48 Å². The minimum absolute atomic E-state index is 0.0225. The van der Waals surface area contributed by atoms with E-state index in [1.165, 1.54) is 12.8 Å². The summed E-state index contributed by atoms with van der Waals surface area (Å²) in [7, 11) is 0. The molecule has 0 fully saturated rings. The first-order valence-electron chi connectivity index (χ1n) is 7.37. The zero-order chi connectivity index (χ0) is 15.2. The lowest BCUT2D eigenvalue weighted by Gasteiger charge is -2.07. The molecule has 0 saturated carbocycles. The Morgan fingerprint density at radius 2 is 1.90 bits per heavy atom. The van der Waals surface area contributed by atoms with E-state index in [-0.39, 0.29) is 5.69 Å². The van der Waals surface area contributed by atoms with Crippen LogP contribution in [0.3, 0.4) is 0 Å². The Kier molecular flexibility index (Phi) is 5.09. The highest BCUT2D eigenvalue weighted by Gasteiger charge is 2.20. The van der Waals surface area contributed by atoms with Gasteiger partial charge in [0.2, 0.25) is 0 Å². The minimum atomic E-state index is -1.04. The second-order valence-corrected chi connectivity index (χ2v) is 5.24. The van der Waals surface area contributed by atoms with Gasteiger partial charge < -0.3 is 5.11 Å². The number of aromatic carboxylic acids is 1. The van der Waals surface area contributed by atoms with Crippen LogP contribution in [0.15, 0.2) is 24.3 Å². The second-order valence-electron chi connectivity index (χ2n) is 5.24. The molecule has 1 aromatic carbocycles. The number of unbranched alkanes of at least 4 members (excludes halogenated alkanes) is 3. The lowest BCUT2D eigenvalue weighted by molar-refractivity contribution is 0.0691. The van der Waals surface area contributed by atoms with Gasteiger partial charge in [0.1, 0.15) is 5.69 Å². The molecule has 0 spiro atoms. The first-order chi connectivity index (χ1) is 10.1. The van der Waals surface area contributed by atoms with Gasteiger partial charge in [0.05, 0.1) is 0 Å². The summed E-state index contributed by atoms with van der Waals surface area (Å²) in [4.78, 5) is 11.3. The van der Waals surface area contributed by atoms with Crippen LogP contribution in [0.4, 0.5) is 0 Å². The predicted molar refractivity (Wildman–Crippen MR) is 81.3 cm³/mol. The first-order valence-corrected chi connectivity index (χ1v) is 7.37. The summed E-state index contributed by atoms with van der Waals surface area (Å²) in [5.74, 6) is -1.04. The number of benzene rings is 1. The van der Waals surface area contributed by atoms with Gasteiger partial charge in [0.15, 0.2) is 5.69 Å². The number of nitrogens with zero attached hydrogens (tertiary/aromatic N) is 3. The fourth-order valence-electron chi connectivity index (χ4n) is 2.30. The van der Waals surface area contributed by atoms with E-state index in [2.05, 4.69) is 17.2 Å². The monoisotopic (exact) mass is 287 g/mol. The molecular formula is C16H21N3O2. The van der Waals surface area contributed by atoms with Crippen LogP contribution >= 0.6 is 0 Å². The Morgan fingerprint density at radius 1 is 1.19 bits per heavy atom. The molecule has 0 aliphatic heterocycles. The Labute approximate surface area is 124 Å². The SMILES string of the molecule is CCCCCCn1nnc(C(=O)O)c1-c1ccc(C)cc1. The molecule has 0 aliphatic rings. The van der Waals surface area contributed by atoms with Crippen molar-refractivity contribution >= 4 is 5.97 Å². The van der Waals surface area contributed by atoms with Gasteiger partial charge in [-0.3, -0.25) is 0 Å². The molecule has 5 heteroatoms. The van der Waals surface area contributed by atoms with Gasteiger partial charge >= 0.3 is 5.97 Å². The van der Waals surface area contributed by atoms with Gasteiger partial charge in [-0.15, -0.1) is 5.10 Å². The molecule has 1 aromatic heterocycles. The Balaban J connectivity index is 2.29. The third kappa shape index (κ3) is 3.68. The standard InChI is InChI=1S/C16H21N3O2/c1-3-4-5-6-11-19-15(14(16(20)21)17-18-19)13-9-7-12(2)8-10-13/h7-10H,3-6,11H2,1-2H3,(H,20,21). The number of hydrogen-bond donors (Lipinski definition) is 1. The van der Waals surface area contributed by atoms with Crippen LogP contribution in [0.5, 0.6) is 0 Å². The van der Waals surface area contributed by atoms with Crippen molar-refractivity contribution in [2.75, 3.05) is 0 Å². The lowest BCUT2D eigenvalue weighted by Crippen LogP contribution is -2.05. The molecule has 2 rings (SSSR count). The van der Waals surface area contributed by atoms with Crippen LogP contribution in [0.2, 0.25) is 0 Å². The van der Waals surface area contributed by atoms with Crippen molar-refractivity contribution in [3.8, 4) is 11.3 Å². The van der Waals surface area contributed by atoms with Crippen LogP contribution in [0, 0.1) is 6.92 Å². The summed E-state index contributed by atoms with van der Waals surface area (Å²) in [6.45, 7) is 4.86. The molecule has 1 N–H and O–H groups in total. The highest BCUT2D eigenvalue weighted by molar-refractivity contribution is 5.92. The number of aryl methyl sites for hydroxylation is 2. The molecule has 0 radical (unpaired) electrons. The van der Waals surface area contributed by atoms with Crippen LogP contribution in [0.1, 0.15) is 48.7 Å². The molecule has 0 saturated heterocycles. The first kappa shape index (κ1) is 15.2. The maximum absolute atomic E-state index is 11.3. The number of carboxylic acid groups (broad SMARTS) is 1. The number of carboxylic acids is 1. The van der Waals surface area contributed by atoms with Gasteiger partial charge in [-0.1, -0.05) is 61.2 Å². The molecule has 2 aromatic rings. The van der Waals surface area contributed by atoms with E-state index in [4.69, 9.17) is 0 Å². The quantitative estimate of drug-likeness (QED) is 0.791. The van der Waals surface area contributed by atoms with E-state index in [1.54, 1.807) is 4.68 Å². The second kappa shape index (κ2) is 7.02. The predicted octanol–water partition coefficient (Wildman–Crippen LogP) is 3.53. The third-order valence-electron chi connectivity index (χ3n) is 3.49.